The summed E-state index contributed by atoms with van der Waals surface area (Å²) in [6.45, 7) is 5.19. The Kier molecular flexibility index (Phi) is 3.31. The van der Waals surface area contributed by atoms with E-state index in [2.05, 4.69) is 6.92 Å². The average molecular weight is 172 g/mol. The SMILES string of the molecule is C/C=C/OCCC1(C)CSC1. The third-order valence-corrected chi connectivity index (χ3v) is 3.76. The van der Waals surface area contributed by atoms with Gasteiger partial charge in [-0.15, -0.1) is 0 Å². The second-order valence-electron chi connectivity index (χ2n) is 3.39. The number of hydrogen-bond donors (Lipinski definition) is 0. The normalized spacial score (nSPS) is 21.6. The second-order valence-corrected chi connectivity index (χ2v) is 4.38. The standard InChI is InChI=1S/C9H16OS/c1-3-5-10-6-4-9(2)7-11-8-9/h3,5H,4,6-8H2,1-2H3/b5-3+. The number of allylic oxidation sites excluding steroid dienone is 1. The van der Waals surface area contributed by atoms with Crippen LogP contribution in [0.25, 0.3) is 0 Å². The van der Waals surface area contributed by atoms with Crippen molar-refractivity contribution in [1.82, 2.24) is 0 Å². The van der Waals surface area contributed by atoms with Crippen LogP contribution in [0, 0.1) is 5.41 Å². The Morgan fingerprint density at radius 3 is 2.73 bits per heavy atom. The lowest BCUT2D eigenvalue weighted by Gasteiger charge is -2.37. The van der Waals surface area contributed by atoms with Gasteiger partial charge in [0.2, 0.25) is 0 Å². The van der Waals surface area contributed by atoms with Crippen molar-refractivity contribution in [3.63, 3.8) is 0 Å². The van der Waals surface area contributed by atoms with Gasteiger partial charge in [-0.3, -0.25) is 0 Å². The predicted molar refractivity (Wildman–Crippen MR) is 50.8 cm³/mol. The highest BCUT2D eigenvalue weighted by Gasteiger charge is 2.31. The highest BCUT2D eigenvalue weighted by molar-refractivity contribution is 8.00. The van der Waals surface area contributed by atoms with Crippen LogP contribution < -0.4 is 0 Å². The van der Waals surface area contributed by atoms with Crippen LogP contribution in [0.5, 0.6) is 0 Å². The quantitative estimate of drug-likeness (QED) is 0.476. The van der Waals surface area contributed by atoms with Gasteiger partial charge in [-0.1, -0.05) is 13.0 Å². The zero-order valence-electron chi connectivity index (χ0n) is 7.30. The summed E-state index contributed by atoms with van der Waals surface area (Å²) in [4.78, 5) is 0. The highest BCUT2D eigenvalue weighted by Crippen LogP contribution is 2.40. The maximum absolute atomic E-state index is 5.26. The van der Waals surface area contributed by atoms with Crippen molar-refractivity contribution in [2.45, 2.75) is 20.3 Å². The number of hydrogen-bond acceptors (Lipinski definition) is 2. The molecule has 0 radical (unpaired) electrons. The van der Waals surface area contributed by atoms with Gasteiger partial charge in [0.1, 0.15) is 0 Å². The van der Waals surface area contributed by atoms with Crippen LogP contribution in [-0.2, 0) is 4.74 Å². The molecule has 2 heteroatoms. The van der Waals surface area contributed by atoms with Gasteiger partial charge in [-0.05, 0) is 30.3 Å². The Hall–Kier alpha value is -0.110. The van der Waals surface area contributed by atoms with Crippen LogP contribution in [0.15, 0.2) is 12.3 Å². The lowest BCUT2D eigenvalue weighted by atomic mass is 9.91. The van der Waals surface area contributed by atoms with Crippen LogP contribution >= 0.6 is 11.8 Å². The largest absolute Gasteiger partial charge is 0.502 e. The van der Waals surface area contributed by atoms with E-state index in [1.807, 2.05) is 24.8 Å². The molecule has 1 aliphatic rings. The van der Waals surface area contributed by atoms with Gasteiger partial charge < -0.3 is 4.74 Å². The summed E-state index contributed by atoms with van der Waals surface area (Å²) in [6, 6.07) is 0. The monoisotopic (exact) mass is 172 g/mol. The van der Waals surface area contributed by atoms with E-state index >= 15 is 0 Å². The summed E-state index contributed by atoms with van der Waals surface area (Å²) >= 11 is 2.03. The Bertz CT molecular complexity index is 138. The summed E-state index contributed by atoms with van der Waals surface area (Å²) in [5, 5.41) is 0. The van der Waals surface area contributed by atoms with Crippen LogP contribution in [0.3, 0.4) is 0 Å². The number of thioether (sulfide) groups is 1. The molecule has 64 valence electrons. The summed E-state index contributed by atoms with van der Waals surface area (Å²) in [6.07, 6.45) is 4.90. The summed E-state index contributed by atoms with van der Waals surface area (Å²) in [5.41, 5.74) is 0.576. The van der Waals surface area contributed by atoms with E-state index in [-0.39, 0.29) is 0 Å². The number of rotatable bonds is 4. The van der Waals surface area contributed by atoms with Crippen LogP contribution in [-0.4, -0.2) is 18.1 Å². The maximum Gasteiger partial charge on any atom is 0.0878 e. The van der Waals surface area contributed by atoms with Gasteiger partial charge in [-0.2, -0.15) is 11.8 Å². The molecule has 1 rings (SSSR count). The molecule has 0 saturated carbocycles. The Labute approximate surface area is 73.2 Å². The van der Waals surface area contributed by atoms with Gasteiger partial charge in [0.25, 0.3) is 0 Å². The summed E-state index contributed by atoms with van der Waals surface area (Å²) in [5.74, 6) is 2.62. The molecule has 11 heavy (non-hydrogen) atoms. The fourth-order valence-corrected chi connectivity index (χ4v) is 2.25. The first kappa shape index (κ1) is 8.98. The van der Waals surface area contributed by atoms with Crippen molar-refractivity contribution in [1.29, 1.82) is 0 Å². The molecular weight excluding hydrogens is 156 g/mol. The van der Waals surface area contributed by atoms with E-state index in [0.717, 1.165) is 6.61 Å². The minimum absolute atomic E-state index is 0.576. The molecule has 1 saturated heterocycles. The van der Waals surface area contributed by atoms with Crippen molar-refractivity contribution in [3.05, 3.63) is 12.3 Å². The van der Waals surface area contributed by atoms with Gasteiger partial charge >= 0.3 is 0 Å². The van der Waals surface area contributed by atoms with Crippen molar-refractivity contribution >= 4 is 11.8 Å². The second kappa shape index (κ2) is 4.05. The van der Waals surface area contributed by atoms with Crippen molar-refractivity contribution < 1.29 is 4.74 Å². The predicted octanol–water partition coefficient (Wildman–Crippen LogP) is 2.68. The molecular formula is C9H16OS. The third kappa shape index (κ3) is 2.78. The van der Waals surface area contributed by atoms with Gasteiger partial charge in [0.15, 0.2) is 0 Å². The van der Waals surface area contributed by atoms with Crippen LogP contribution in [0.4, 0.5) is 0 Å². The number of ether oxygens (including phenoxy) is 1. The highest BCUT2D eigenvalue weighted by atomic mass is 32.2. The van der Waals surface area contributed by atoms with E-state index in [4.69, 9.17) is 4.74 Å². The molecule has 0 bridgehead atoms. The average Bonchev–Trinajstić information content (AvgIpc) is 1.95. The molecule has 0 unspecified atom stereocenters. The molecule has 0 atom stereocenters. The fraction of sp³-hybridized carbons (Fsp3) is 0.778. The van der Waals surface area contributed by atoms with E-state index in [1.165, 1.54) is 17.9 Å². The molecule has 0 aromatic rings. The smallest absolute Gasteiger partial charge is 0.0878 e. The van der Waals surface area contributed by atoms with E-state index in [1.54, 1.807) is 6.26 Å². The van der Waals surface area contributed by atoms with Crippen LogP contribution in [0.2, 0.25) is 0 Å². The van der Waals surface area contributed by atoms with E-state index in [9.17, 15) is 0 Å². The molecule has 1 fully saturated rings. The minimum atomic E-state index is 0.576. The molecule has 0 aliphatic carbocycles. The first-order valence-electron chi connectivity index (χ1n) is 4.07. The Morgan fingerprint density at radius 1 is 1.55 bits per heavy atom. The summed E-state index contributed by atoms with van der Waals surface area (Å²) in [7, 11) is 0. The van der Waals surface area contributed by atoms with Crippen LogP contribution in [0.1, 0.15) is 20.3 Å². The lowest BCUT2D eigenvalue weighted by Crippen LogP contribution is -2.33. The van der Waals surface area contributed by atoms with Crippen molar-refractivity contribution in [2.75, 3.05) is 18.1 Å². The fourth-order valence-electron chi connectivity index (χ4n) is 1.06. The Morgan fingerprint density at radius 2 is 2.27 bits per heavy atom. The molecule has 1 nitrogen and oxygen atoms in total. The molecule has 0 N–H and O–H groups in total. The molecule has 1 aliphatic heterocycles. The van der Waals surface area contributed by atoms with Gasteiger partial charge in [0, 0.05) is 0 Å². The Balaban J connectivity index is 2.02. The van der Waals surface area contributed by atoms with Crippen molar-refractivity contribution in [2.24, 2.45) is 5.41 Å². The summed E-state index contributed by atoms with van der Waals surface area (Å²) < 4.78 is 5.26. The minimum Gasteiger partial charge on any atom is -0.502 e. The molecule has 0 spiro atoms. The van der Waals surface area contributed by atoms with E-state index < -0.39 is 0 Å². The first-order valence-corrected chi connectivity index (χ1v) is 5.23. The molecule has 0 aromatic carbocycles. The van der Waals surface area contributed by atoms with Crippen molar-refractivity contribution in [3.8, 4) is 0 Å². The first-order chi connectivity index (χ1) is 5.27. The van der Waals surface area contributed by atoms with Gasteiger partial charge in [0.05, 0.1) is 12.9 Å². The topological polar surface area (TPSA) is 9.23 Å². The zero-order valence-corrected chi connectivity index (χ0v) is 8.12. The zero-order chi connectivity index (χ0) is 8.16. The maximum atomic E-state index is 5.26. The molecule has 0 aromatic heterocycles. The molecule has 0 amide bonds. The molecule has 1 heterocycles. The van der Waals surface area contributed by atoms with E-state index in [0.29, 0.717) is 5.41 Å². The third-order valence-electron chi connectivity index (χ3n) is 1.96. The van der Waals surface area contributed by atoms with Gasteiger partial charge in [-0.25, -0.2) is 0 Å². The lowest BCUT2D eigenvalue weighted by molar-refractivity contribution is 0.196.